The number of thiazole rings is 1. The summed E-state index contributed by atoms with van der Waals surface area (Å²) in [7, 11) is -4.00. The van der Waals surface area contributed by atoms with E-state index in [4.69, 9.17) is 19.9 Å². The molecule has 13 heteroatoms. The molecule has 0 spiro atoms. The number of aryl methyl sites for hydroxylation is 1. The van der Waals surface area contributed by atoms with Crippen LogP contribution < -0.4 is 11.1 Å². The van der Waals surface area contributed by atoms with Crippen LogP contribution in [0.25, 0.3) is 11.3 Å². The summed E-state index contributed by atoms with van der Waals surface area (Å²) in [4.78, 5) is 18.5. The SMILES string of the molecule is Cc1sc(N)nc1-c1ccc(S(=O)(=O)N(CC(C)C)C[C@@H](O)[C@H](Cc2ccccc2)NC(=O)O[C@H]2CO[C@H]3OCC[C@H]32)cc1. The maximum atomic E-state index is 13.9. The van der Waals surface area contributed by atoms with Gasteiger partial charge in [-0.25, -0.2) is 18.2 Å². The fraction of sp³-hybridized carbons (Fsp3) is 0.484. The molecule has 1 aromatic heterocycles. The lowest BCUT2D eigenvalue weighted by Gasteiger charge is -2.31. The van der Waals surface area contributed by atoms with Crippen molar-refractivity contribution in [2.24, 2.45) is 11.8 Å². The van der Waals surface area contributed by atoms with Crippen molar-refractivity contribution in [1.82, 2.24) is 14.6 Å². The number of carbonyl (C=O) groups is 1. The average Bonchev–Trinajstić information content (AvgIpc) is 3.69. The minimum absolute atomic E-state index is 0.0219. The zero-order chi connectivity index (χ0) is 31.4. The molecule has 0 aliphatic carbocycles. The van der Waals surface area contributed by atoms with Gasteiger partial charge in [-0.05, 0) is 43.4 Å². The van der Waals surface area contributed by atoms with Crippen molar-refractivity contribution in [1.29, 1.82) is 0 Å². The van der Waals surface area contributed by atoms with E-state index in [0.717, 1.165) is 22.4 Å². The molecule has 2 fully saturated rings. The molecule has 1 amide bonds. The number of nitrogens with zero attached hydrogens (tertiary/aromatic N) is 2. The van der Waals surface area contributed by atoms with Crippen LogP contribution in [-0.2, 0) is 30.7 Å². The Labute approximate surface area is 262 Å². The smallest absolute Gasteiger partial charge is 0.407 e. The molecule has 0 radical (unpaired) electrons. The molecule has 2 aliphatic heterocycles. The van der Waals surface area contributed by atoms with Gasteiger partial charge in [-0.15, -0.1) is 11.3 Å². The van der Waals surface area contributed by atoms with E-state index < -0.39 is 34.4 Å². The number of hydrogen-bond acceptors (Lipinski definition) is 10. The fourth-order valence-corrected chi connectivity index (χ4v) is 7.99. The van der Waals surface area contributed by atoms with Crippen molar-refractivity contribution < 1.29 is 32.5 Å². The predicted molar refractivity (Wildman–Crippen MR) is 167 cm³/mol. The highest BCUT2D eigenvalue weighted by Crippen LogP contribution is 2.33. The molecule has 2 aliphatic rings. The van der Waals surface area contributed by atoms with Crippen molar-refractivity contribution >= 4 is 32.6 Å². The monoisotopic (exact) mass is 644 g/mol. The molecule has 0 saturated carbocycles. The normalized spacial score (nSPS) is 21.4. The first-order valence-electron chi connectivity index (χ1n) is 14.8. The van der Waals surface area contributed by atoms with E-state index in [1.54, 1.807) is 24.3 Å². The second kappa shape index (κ2) is 13.9. The van der Waals surface area contributed by atoms with E-state index in [9.17, 15) is 18.3 Å². The van der Waals surface area contributed by atoms with Gasteiger partial charge >= 0.3 is 6.09 Å². The largest absolute Gasteiger partial charge is 0.443 e. The second-order valence-electron chi connectivity index (χ2n) is 11.7. The lowest BCUT2D eigenvalue weighted by molar-refractivity contribution is -0.0907. The number of nitrogens with one attached hydrogen (secondary N) is 1. The van der Waals surface area contributed by atoms with Crippen LogP contribution in [0.4, 0.5) is 9.93 Å². The zero-order valence-electron chi connectivity index (χ0n) is 25.1. The first kappa shape index (κ1) is 32.3. The summed E-state index contributed by atoms with van der Waals surface area (Å²) >= 11 is 1.37. The van der Waals surface area contributed by atoms with Crippen LogP contribution in [0.3, 0.4) is 0 Å². The van der Waals surface area contributed by atoms with Crippen LogP contribution in [-0.4, -0.2) is 79.7 Å². The van der Waals surface area contributed by atoms with Crippen LogP contribution in [0.5, 0.6) is 0 Å². The minimum atomic E-state index is -4.00. The van der Waals surface area contributed by atoms with Gasteiger partial charge in [0.2, 0.25) is 10.0 Å². The maximum absolute atomic E-state index is 13.9. The summed E-state index contributed by atoms with van der Waals surface area (Å²) in [5.41, 5.74) is 8.20. The van der Waals surface area contributed by atoms with E-state index in [1.165, 1.54) is 15.6 Å². The number of aliphatic hydroxyl groups is 1. The molecule has 0 unspecified atom stereocenters. The molecule has 238 valence electrons. The first-order valence-corrected chi connectivity index (χ1v) is 17.0. The van der Waals surface area contributed by atoms with Gasteiger partial charge in [-0.1, -0.05) is 56.3 Å². The Morgan fingerprint density at radius 3 is 2.55 bits per heavy atom. The topological polar surface area (TPSA) is 153 Å². The summed E-state index contributed by atoms with van der Waals surface area (Å²) in [6, 6.07) is 15.1. The number of amides is 1. The zero-order valence-corrected chi connectivity index (χ0v) is 26.7. The highest BCUT2D eigenvalue weighted by atomic mass is 32.2. The van der Waals surface area contributed by atoms with Gasteiger partial charge in [0, 0.05) is 23.5 Å². The highest BCUT2D eigenvalue weighted by Gasteiger charge is 2.44. The third-order valence-corrected chi connectivity index (χ3v) is 10.5. The van der Waals surface area contributed by atoms with E-state index in [1.807, 2.05) is 51.1 Å². The molecule has 2 saturated heterocycles. The predicted octanol–water partition coefficient (Wildman–Crippen LogP) is 3.81. The fourth-order valence-electron chi connectivity index (χ4n) is 5.65. The van der Waals surface area contributed by atoms with Crippen LogP contribution in [0.15, 0.2) is 59.5 Å². The number of fused-ring (bicyclic) bond motifs is 1. The summed E-state index contributed by atoms with van der Waals surface area (Å²) in [6.45, 7) is 6.47. The molecule has 5 atom stereocenters. The third-order valence-electron chi connectivity index (χ3n) is 7.85. The number of ether oxygens (including phenoxy) is 3. The van der Waals surface area contributed by atoms with Gasteiger partial charge < -0.3 is 30.4 Å². The number of anilines is 1. The van der Waals surface area contributed by atoms with Crippen LogP contribution in [0.2, 0.25) is 0 Å². The third kappa shape index (κ3) is 7.59. The Morgan fingerprint density at radius 1 is 1.16 bits per heavy atom. The minimum Gasteiger partial charge on any atom is -0.443 e. The second-order valence-corrected chi connectivity index (χ2v) is 14.8. The Kier molecular flexibility index (Phi) is 10.2. The Bertz CT molecular complexity index is 1520. The summed E-state index contributed by atoms with van der Waals surface area (Å²) in [6.07, 6.45) is -1.75. The average molecular weight is 645 g/mol. The van der Waals surface area contributed by atoms with Crippen molar-refractivity contribution in [3.63, 3.8) is 0 Å². The number of aromatic nitrogens is 1. The molecular weight excluding hydrogens is 604 g/mol. The number of nitrogens with two attached hydrogens (primary N) is 1. The van der Waals surface area contributed by atoms with Crippen molar-refractivity contribution in [2.75, 3.05) is 32.0 Å². The molecule has 3 aromatic rings. The lowest BCUT2D eigenvalue weighted by atomic mass is 10.0. The molecule has 44 heavy (non-hydrogen) atoms. The number of hydrogen-bond donors (Lipinski definition) is 3. The van der Waals surface area contributed by atoms with Gasteiger partial charge in [0.05, 0.1) is 41.9 Å². The number of aliphatic hydroxyl groups excluding tert-OH is 1. The molecular formula is C31H40N4O7S2. The number of sulfonamides is 1. The van der Waals surface area contributed by atoms with Gasteiger partial charge in [-0.3, -0.25) is 0 Å². The number of alkyl carbamates (subject to hydrolysis) is 1. The number of rotatable bonds is 12. The summed E-state index contributed by atoms with van der Waals surface area (Å²) in [5, 5.41) is 14.8. The Balaban J connectivity index is 1.33. The summed E-state index contributed by atoms with van der Waals surface area (Å²) < 4.78 is 45.9. The standard InChI is InChI=1S/C31H40N4O7S2/c1-19(2)16-35(44(38,39)23-11-9-22(10-12-23)28-20(3)43-30(32)34-28)17-26(36)25(15-21-7-5-4-6-8-21)33-31(37)42-27-18-41-29-24(27)13-14-40-29/h4-12,19,24-27,29,36H,13-18H2,1-3H3,(H2,32,34)(H,33,37)/t24-,25-,26+,27-,29+/m0/s1. The number of carbonyl (C=O) groups excluding carboxylic acids is 1. The molecule has 2 aromatic carbocycles. The van der Waals surface area contributed by atoms with Gasteiger partial charge in [0.1, 0.15) is 6.10 Å². The number of benzene rings is 2. The quantitative estimate of drug-likeness (QED) is 0.267. The number of nitrogen functional groups attached to an aromatic ring is 1. The maximum Gasteiger partial charge on any atom is 0.407 e. The molecule has 11 nitrogen and oxygen atoms in total. The Morgan fingerprint density at radius 2 is 1.89 bits per heavy atom. The van der Waals surface area contributed by atoms with Crippen LogP contribution in [0, 0.1) is 18.8 Å². The highest BCUT2D eigenvalue weighted by molar-refractivity contribution is 7.89. The Hall–Kier alpha value is -3.07. The van der Waals surface area contributed by atoms with Crippen LogP contribution in [0.1, 0.15) is 30.7 Å². The summed E-state index contributed by atoms with van der Waals surface area (Å²) in [5.74, 6) is -0.0561. The lowest BCUT2D eigenvalue weighted by Crippen LogP contribution is -2.51. The molecule has 3 heterocycles. The van der Waals surface area contributed by atoms with Crippen molar-refractivity contribution in [3.05, 3.63) is 65.0 Å². The molecule has 4 N–H and O–H groups in total. The van der Waals surface area contributed by atoms with E-state index in [-0.39, 0.29) is 49.1 Å². The molecule has 5 rings (SSSR count). The van der Waals surface area contributed by atoms with Gasteiger partial charge in [0.15, 0.2) is 11.4 Å². The molecule has 0 bridgehead atoms. The van der Waals surface area contributed by atoms with E-state index >= 15 is 0 Å². The van der Waals surface area contributed by atoms with Gasteiger partial charge in [0.25, 0.3) is 0 Å². The first-order chi connectivity index (χ1) is 21.0. The van der Waals surface area contributed by atoms with E-state index in [2.05, 4.69) is 10.3 Å². The van der Waals surface area contributed by atoms with Crippen molar-refractivity contribution in [2.45, 2.75) is 63.0 Å². The van der Waals surface area contributed by atoms with E-state index in [0.29, 0.717) is 17.4 Å². The van der Waals surface area contributed by atoms with Gasteiger partial charge in [-0.2, -0.15) is 4.31 Å². The van der Waals surface area contributed by atoms with Crippen LogP contribution >= 0.6 is 11.3 Å². The van der Waals surface area contributed by atoms with Crippen molar-refractivity contribution in [3.8, 4) is 11.3 Å².